The van der Waals surface area contributed by atoms with Crippen molar-refractivity contribution in [2.75, 3.05) is 5.32 Å². The molecule has 0 aliphatic heterocycles. The third kappa shape index (κ3) is 5.18. The Morgan fingerprint density at radius 2 is 1.79 bits per heavy atom. The normalized spacial score (nSPS) is 11.1. The van der Waals surface area contributed by atoms with Crippen LogP contribution in [0.1, 0.15) is 42.4 Å². The summed E-state index contributed by atoms with van der Waals surface area (Å²) in [5.41, 5.74) is 4.21. The van der Waals surface area contributed by atoms with E-state index in [9.17, 15) is 9.59 Å². The molecule has 0 aliphatic carbocycles. The summed E-state index contributed by atoms with van der Waals surface area (Å²) in [6.45, 7) is 4.10. The maximum Gasteiger partial charge on any atom is 0.303 e. The Morgan fingerprint density at radius 3 is 2.44 bits per heavy atom. The Balaban J connectivity index is 1.56. The molecule has 2 aromatic carbocycles. The number of nitrogens with zero attached hydrogens (tertiary/aromatic N) is 3. The number of amides is 1. The number of hydrogen-bond acceptors (Lipinski definition) is 4. The molecular weight excluding hydrogens is 454 g/mol. The molecule has 3 N–H and O–H groups in total. The molecule has 0 spiro atoms. The molecule has 0 bridgehead atoms. The smallest absolute Gasteiger partial charge is 0.303 e. The highest BCUT2D eigenvalue weighted by atomic mass is 35.5. The van der Waals surface area contributed by atoms with Crippen LogP contribution < -0.4 is 5.32 Å². The molecule has 0 unspecified atom stereocenters. The van der Waals surface area contributed by atoms with Crippen LogP contribution in [-0.4, -0.2) is 36.5 Å². The number of aromatic nitrogens is 4. The summed E-state index contributed by atoms with van der Waals surface area (Å²) in [7, 11) is 0. The van der Waals surface area contributed by atoms with Gasteiger partial charge >= 0.3 is 5.97 Å². The number of carboxylic acids is 1. The van der Waals surface area contributed by atoms with Crippen molar-refractivity contribution < 1.29 is 14.7 Å². The minimum Gasteiger partial charge on any atom is -0.481 e. The molecule has 34 heavy (non-hydrogen) atoms. The van der Waals surface area contributed by atoms with Crippen LogP contribution in [0.3, 0.4) is 0 Å². The monoisotopic (exact) mass is 477 g/mol. The van der Waals surface area contributed by atoms with Gasteiger partial charge in [0.25, 0.3) is 5.91 Å². The molecule has 174 valence electrons. The van der Waals surface area contributed by atoms with Gasteiger partial charge in [-0.2, -0.15) is 0 Å². The number of rotatable bonds is 8. The summed E-state index contributed by atoms with van der Waals surface area (Å²) in [6.07, 6.45) is 3.76. The number of nitrogens with one attached hydrogen (secondary N) is 2. The van der Waals surface area contributed by atoms with Gasteiger partial charge in [0.1, 0.15) is 11.4 Å². The highest BCUT2D eigenvalue weighted by molar-refractivity contribution is 6.30. The van der Waals surface area contributed by atoms with Crippen LogP contribution in [0.25, 0.3) is 22.8 Å². The van der Waals surface area contributed by atoms with Crippen molar-refractivity contribution in [3.05, 3.63) is 77.3 Å². The zero-order chi connectivity index (χ0) is 24.2. The van der Waals surface area contributed by atoms with Crippen molar-refractivity contribution >= 4 is 29.2 Å². The lowest BCUT2D eigenvalue weighted by Crippen LogP contribution is -2.12. The largest absolute Gasteiger partial charge is 0.481 e. The molecule has 4 rings (SSSR count). The van der Waals surface area contributed by atoms with Gasteiger partial charge in [0.05, 0.1) is 18.2 Å². The average molecular weight is 478 g/mol. The van der Waals surface area contributed by atoms with E-state index in [-0.39, 0.29) is 18.4 Å². The lowest BCUT2D eigenvalue weighted by atomic mass is 10.1. The van der Waals surface area contributed by atoms with Crippen LogP contribution in [0, 0.1) is 0 Å². The van der Waals surface area contributed by atoms with E-state index in [1.54, 1.807) is 30.6 Å². The molecular formula is C25H24ClN5O3. The maximum atomic E-state index is 12.8. The van der Waals surface area contributed by atoms with E-state index in [1.165, 1.54) is 6.20 Å². The number of aromatic amines is 1. The van der Waals surface area contributed by atoms with Gasteiger partial charge in [-0.05, 0) is 50.1 Å². The number of anilines is 1. The summed E-state index contributed by atoms with van der Waals surface area (Å²) < 4.78 is 2.00. The van der Waals surface area contributed by atoms with Crippen molar-refractivity contribution in [3.63, 3.8) is 0 Å². The van der Waals surface area contributed by atoms with Crippen molar-refractivity contribution in [3.8, 4) is 22.8 Å². The maximum absolute atomic E-state index is 12.8. The van der Waals surface area contributed by atoms with Crippen LogP contribution in [0.4, 0.5) is 5.69 Å². The van der Waals surface area contributed by atoms with Crippen LogP contribution in [-0.2, 0) is 11.2 Å². The van der Waals surface area contributed by atoms with E-state index in [2.05, 4.69) is 20.3 Å². The highest BCUT2D eigenvalue weighted by Crippen LogP contribution is 2.32. The third-order valence-corrected chi connectivity index (χ3v) is 5.60. The van der Waals surface area contributed by atoms with E-state index < -0.39 is 5.97 Å². The lowest BCUT2D eigenvalue weighted by molar-refractivity contribution is -0.136. The zero-order valence-corrected chi connectivity index (χ0v) is 19.5. The van der Waals surface area contributed by atoms with Crippen LogP contribution in [0.5, 0.6) is 0 Å². The predicted molar refractivity (Wildman–Crippen MR) is 131 cm³/mol. The molecule has 0 saturated carbocycles. The van der Waals surface area contributed by atoms with Gasteiger partial charge in [-0.15, -0.1) is 0 Å². The number of carbonyl (C=O) groups excluding carboxylic acids is 1. The van der Waals surface area contributed by atoms with Gasteiger partial charge in [0, 0.05) is 28.7 Å². The third-order valence-electron chi connectivity index (χ3n) is 5.35. The lowest BCUT2D eigenvalue weighted by Gasteiger charge is -2.12. The molecule has 4 aromatic rings. The van der Waals surface area contributed by atoms with Crippen LogP contribution in [0.15, 0.2) is 61.1 Å². The summed E-state index contributed by atoms with van der Waals surface area (Å²) in [5, 5.41) is 12.3. The fraction of sp³-hybridized carbons (Fsp3) is 0.200. The fourth-order valence-corrected chi connectivity index (χ4v) is 3.69. The van der Waals surface area contributed by atoms with Gasteiger partial charge in [-0.1, -0.05) is 35.9 Å². The van der Waals surface area contributed by atoms with E-state index in [1.807, 2.05) is 42.7 Å². The number of hydrogen-bond donors (Lipinski definition) is 3. The summed E-state index contributed by atoms with van der Waals surface area (Å²) in [5.74, 6) is -0.642. The molecule has 0 fully saturated rings. The first kappa shape index (κ1) is 23.3. The Hall–Kier alpha value is -3.91. The van der Waals surface area contributed by atoms with E-state index >= 15 is 0 Å². The van der Waals surface area contributed by atoms with Gasteiger partial charge in [-0.25, -0.2) is 9.97 Å². The molecule has 2 heterocycles. The Morgan fingerprint density at radius 1 is 1.09 bits per heavy atom. The number of halogens is 1. The van der Waals surface area contributed by atoms with Gasteiger partial charge in [0.15, 0.2) is 5.82 Å². The minimum absolute atomic E-state index is 0.0631. The number of carboxylic acid groups (broad SMARTS) is 1. The van der Waals surface area contributed by atoms with Gasteiger partial charge in [0.2, 0.25) is 0 Å². The highest BCUT2D eigenvalue weighted by Gasteiger charge is 2.21. The van der Waals surface area contributed by atoms with E-state index in [0.29, 0.717) is 28.6 Å². The molecule has 0 aliphatic rings. The average Bonchev–Trinajstić information content (AvgIpc) is 3.46. The second kappa shape index (κ2) is 9.93. The van der Waals surface area contributed by atoms with E-state index in [4.69, 9.17) is 16.7 Å². The molecule has 1 amide bonds. The van der Waals surface area contributed by atoms with Crippen LogP contribution >= 0.6 is 11.6 Å². The number of carbonyl (C=O) groups is 2. The number of aliphatic carboxylic acids is 1. The SMILES string of the molecule is CC(C)n1cnc(-c2ccc(Cl)cc2)c1-c1ncc(C(=O)Nc2ccc(CCC(=O)O)cc2)[nH]1. The van der Waals surface area contributed by atoms with Crippen molar-refractivity contribution in [1.82, 2.24) is 19.5 Å². The fourth-order valence-electron chi connectivity index (χ4n) is 3.57. The minimum atomic E-state index is -0.842. The quantitative estimate of drug-likeness (QED) is 0.312. The summed E-state index contributed by atoms with van der Waals surface area (Å²) in [4.78, 5) is 35.7. The van der Waals surface area contributed by atoms with Crippen LogP contribution in [0.2, 0.25) is 5.02 Å². The Labute approximate surface area is 201 Å². The van der Waals surface area contributed by atoms with Crippen molar-refractivity contribution in [2.45, 2.75) is 32.7 Å². The van der Waals surface area contributed by atoms with E-state index in [0.717, 1.165) is 22.5 Å². The number of aryl methyl sites for hydroxylation is 1. The molecule has 0 saturated heterocycles. The Kier molecular flexibility index (Phi) is 6.79. The summed E-state index contributed by atoms with van der Waals surface area (Å²) >= 11 is 6.04. The molecule has 2 aromatic heterocycles. The molecule has 9 heteroatoms. The number of imidazole rings is 2. The number of benzene rings is 2. The zero-order valence-electron chi connectivity index (χ0n) is 18.7. The van der Waals surface area contributed by atoms with Gasteiger partial charge in [-0.3, -0.25) is 9.59 Å². The molecule has 0 atom stereocenters. The first-order chi connectivity index (χ1) is 16.3. The standard InChI is InChI=1S/C25H24ClN5O3/c1-15(2)31-14-28-22(17-6-8-18(26)9-7-17)23(31)24-27-13-20(30-24)25(34)29-19-10-3-16(4-11-19)5-12-21(32)33/h3-4,6-11,13-15H,5,12H2,1-2H3,(H,27,30)(H,29,34)(H,32,33). The van der Waals surface area contributed by atoms with Crippen molar-refractivity contribution in [2.24, 2.45) is 0 Å². The van der Waals surface area contributed by atoms with Crippen molar-refractivity contribution in [1.29, 1.82) is 0 Å². The van der Waals surface area contributed by atoms with Gasteiger partial charge < -0.3 is 20.0 Å². The second-order valence-electron chi connectivity index (χ2n) is 8.14. The topological polar surface area (TPSA) is 113 Å². The Bertz CT molecular complexity index is 1310. The number of H-pyrrole nitrogens is 1. The first-order valence-corrected chi connectivity index (χ1v) is 11.2. The summed E-state index contributed by atoms with van der Waals surface area (Å²) in [6, 6.07) is 14.6. The molecule has 0 radical (unpaired) electrons. The molecule has 8 nitrogen and oxygen atoms in total. The second-order valence-corrected chi connectivity index (χ2v) is 8.58. The predicted octanol–water partition coefficient (Wildman–Crippen LogP) is 5.44. The first-order valence-electron chi connectivity index (χ1n) is 10.8.